The summed E-state index contributed by atoms with van der Waals surface area (Å²) >= 11 is 0. The number of carbonyl (C=O) groups is 1. The molecule has 1 amide bonds. The summed E-state index contributed by atoms with van der Waals surface area (Å²) in [4.78, 5) is 11.8. The van der Waals surface area contributed by atoms with Crippen LogP contribution in [-0.2, 0) is 11.3 Å². The Bertz CT molecular complexity index is 563. The number of benzene rings is 1. The van der Waals surface area contributed by atoms with Crippen LogP contribution in [0.25, 0.3) is 0 Å². The second-order valence-corrected chi connectivity index (χ2v) is 5.14. The number of aryl methyl sites for hydroxylation is 1. The van der Waals surface area contributed by atoms with Crippen LogP contribution in [-0.4, -0.2) is 12.5 Å². The zero-order valence-corrected chi connectivity index (χ0v) is 12.6. The van der Waals surface area contributed by atoms with E-state index in [2.05, 4.69) is 10.6 Å². The predicted octanol–water partition coefficient (Wildman–Crippen LogP) is 2.95. The number of furan rings is 1. The van der Waals surface area contributed by atoms with Gasteiger partial charge in [-0.3, -0.25) is 4.79 Å². The Morgan fingerprint density at radius 3 is 2.62 bits per heavy atom. The molecule has 2 rings (SSSR count). The maximum atomic E-state index is 11.8. The Hall–Kier alpha value is -2.07. The number of amides is 1. The van der Waals surface area contributed by atoms with E-state index in [9.17, 15) is 4.79 Å². The summed E-state index contributed by atoms with van der Waals surface area (Å²) in [7, 11) is 0. The molecule has 4 nitrogen and oxygen atoms in total. The minimum absolute atomic E-state index is 0.0502. The largest absolute Gasteiger partial charge is 0.465 e. The van der Waals surface area contributed by atoms with E-state index >= 15 is 0 Å². The zero-order chi connectivity index (χ0) is 15.1. The lowest BCUT2D eigenvalue weighted by atomic mass is 10.2. The number of hydrogen-bond acceptors (Lipinski definition) is 3. The first-order chi connectivity index (χ1) is 10.1. The first-order valence-electron chi connectivity index (χ1n) is 7.25. The quantitative estimate of drug-likeness (QED) is 0.823. The van der Waals surface area contributed by atoms with Crippen LogP contribution in [0.4, 0.5) is 0 Å². The summed E-state index contributed by atoms with van der Waals surface area (Å²) in [5, 5.41) is 6.20. The van der Waals surface area contributed by atoms with Crippen LogP contribution in [0.5, 0.6) is 0 Å². The Morgan fingerprint density at radius 1 is 1.19 bits per heavy atom. The molecule has 1 aromatic heterocycles. The van der Waals surface area contributed by atoms with Gasteiger partial charge in [0.25, 0.3) is 0 Å². The van der Waals surface area contributed by atoms with Gasteiger partial charge in [0.05, 0.1) is 6.04 Å². The molecule has 21 heavy (non-hydrogen) atoms. The molecular weight excluding hydrogens is 264 g/mol. The molecule has 0 bridgehead atoms. The third-order valence-corrected chi connectivity index (χ3v) is 3.32. The number of hydrogen-bond donors (Lipinski definition) is 2. The topological polar surface area (TPSA) is 54.3 Å². The van der Waals surface area contributed by atoms with E-state index < -0.39 is 0 Å². The summed E-state index contributed by atoms with van der Waals surface area (Å²) in [5.74, 6) is 1.85. The fourth-order valence-electron chi connectivity index (χ4n) is 2.07. The molecule has 0 fully saturated rings. The Morgan fingerprint density at radius 2 is 1.95 bits per heavy atom. The predicted molar refractivity (Wildman–Crippen MR) is 82.8 cm³/mol. The highest BCUT2D eigenvalue weighted by molar-refractivity contribution is 5.76. The summed E-state index contributed by atoms with van der Waals surface area (Å²) in [6.45, 7) is 5.15. The lowest BCUT2D eigenvalue weighted by Gasteiger charge is -2.11. The van der Waals surface area contributed by atoms with E-state index in [0.717, 1.165) is 17.1 Å². The highest BCUT2D eigenvalue weighted by Gasteiger charge is 2.09. The Balaban J connectivity index is 1.65. The number of nitrogens with one attached hydrogen (secondary N) is 2. The molecule has 0 aliphatic rings. The van der Waals surface area contributed by atoms with Gasteiger partial charge < -0.3 is 15.1 Å². The van der Waals surface area contributed by atoms with Crippen LogP contribution in [0.3, 0.4) is 0 Å². The van der Waals surface area contributed by atoms with E-state index in [1.54, 1.807) is 0 Å². The second kappa shape index (κ2) is 7.64. The monoisotopic (exact) mass is 286 g/mol. The smallest absolute Gasteiger partial charge is 0.221 e. The molecule has 0 saturated carbocycles. The fraction of sp³-hybridized carbons (Fsp3) is 0.353. The molecule has 2 aromatic rings. The van der Waals surface area contributed by atoms with Gasteiger partial charge in [0.2, 0.25) is 5.91 Å². The van der Waals surface area contributed by atoms with Crippen molar-refractivity contribution in [3.63, 3.8) is 0 Å². The van der Waals surface area contributed by atoms with Crippen molar-refractivity contribution in [2.75, 3.05) is 6.54 Å². The molecule has 112 valence electrons. The van der Waals surface area contributed by atoms with Crippen molar-refractivity contribution in [1.82, 2.24) is 10.6 Å². The van der Waals surface area contributed by atoms with Crippen LogP contribution in [0.15, 0.2) is 46.9 Å². The summed E-state index contributed by atoms with van der Waals surface area (Å²) in [6.07, 6.45) is 0.455. The Labute approximate surface area is 125 Å². The summed E-state index contributed by atoms with van der Waals surface area (Å²) in [5.41, 5.74) is 1.11. The van der Waals surface area contributed by atoms with E-state index in [0.29, 0.717) is 19.5 Å². The number of rotatable bonds is 7. The molecule has 1 unspecified atom stereocenters. The zero-order valence-electron chi connectivity index (χ0n) is 12.6. The molecule has 1 aromatic carbocycles. The molecule has 1 atom stereocenters. The normalized spacial score (nSPS) is 12.1. The van der Waals surface area contributed by atoms with Crippen LogP contribution in [0.1, 0.15) is 36.5 Å². The van der Waals surface area contributed by atoms with Gasteiger partial charge in [-0.25, -0.2) is 0 Å². The minimum atomic E-state index is 0.0502. The molecule has 0 aliphatic carbocycles. The maximum absolute atomic E-state index is 11.8. The summed E-state index contributed by atoms with van der Waals surface area (Å²) < 4.78 is 5.55. The van der Waals surface area contributed by atoms with Crippen LogP contribution >= 0.6 is 0 Å². The van der Waals surface area contributed by atoms with Gasteiger partial charge in [0.1, 0.15) is 11.5 Å². The average Bonchev–Trinajstić information content (AvgIpc) is 2.93. The molecule has 0 saturated heterocycles. The summed E-state index contributed by atoms with van der Waals surface area (Å²) in [6, 6.07) is 13.9. The SMILES string of the molecule is Cc1ccc(C(C)NCCC(=O)NCc2ccccc2)o1. The number of carbonyl (C=O) groups excluding carboxylic acids is 1. The van der Waals surface area contributed by atoms with Gasteiger partial charge in [-0.15, -0.1) is 0 Å². The maximum Gasteiger partial charge on any atom is 0.221 e. The molecule has 0 aliphatic heterocycles. The van der Waals surface area contributed by atoms with Crippen molar-refractivity contribution in [3.8, 4) is 0 Å². The fourth-order valence-corrected chi connectivity index (χ4v) is 2.07. The van der Waals surface area contributed by atoms with E-state index in [1.165, 1.54) is 0 Å². The molecule has 4 heteroatoms. The molecule has 0 spiro atoms. The van der Waals surface area contributed by atoms with Crippen molar-refractivity contribution in [3.05, 3.63) is 59.5 Å². The van der Waals surface area contributed by atoms with E-state index in [4.69, 9.17) is 4.42 Å². The van der Waals surface area contributed by atoms with Gasteiger partial charge in [0.15, 0.2) is 0 Å². The van der Waals surface area contributed by atoms with E-state index in [-0.39, 0.29) is 11.9 Å². The van der Waals surface area contributed by atoms with Crippen molar-refractivity contribution in [2.45, 2.75) is 32.9 Å². The van der Waals surface area contributed by atoms with Crippen molar-refractivity contribution in [1.29, 1.82) is 0 Å². The van der Waals surface area contributed by atoms with Gasteiger partial charge in [-0.05, 0) is 31.5 Å². The minimum Gasteiger partial charge on any atom is -0.465 e. The second-order valence-electron chi connectivity index (χ2n) is 5.14. The third-order valence-electron chi connectivity index (χ3n) is 3.32. The first kappa shape index (κ1) is 15.3. The van der Waals surface area contributed by atoms with Crippen LogP contribution in [0, 0.1) is 6.92 Å². The molecule has 1 heterocycles. The molecule has 2 N–H and O–H groups in total. The third kappa shape index (κ3) is 5.08. The molecular formula is C17H22N2O2. The van der Waals surface area contributed by atoms with Crippen molar-refractivity contribution >= 4 is 5.91 Å². The van der Waals surface area contributed by atoms with Crippen molar-refractivity contribution < 1.29 is 9.21 Å². The average molecular weight is 286 g/mol. The highest BCUT2D eigenvalue weighted by atomic mass is 16.3. The van der Waals surface area contributed by atoms with Gasteiger partial charge in [-0.1, -0.05) is 30.3 Å². The lowest BCUT2D eigenvalue weighted by Crippen LogP contribution is -2.28. The standard InChI is InChI=1S/C17H22N2O2/c1-13-8-9-16(21-13)14(2)18-11-10-17(20)19-12-15-6-4-3-5-7-15/h3-9,14,18H,10-12H2,1-2H3,(H,19,20). The van der Waals surface area contributed by atoms with Gasteiger partial charge >= 0.3 is 0 Å². The van der Waals surface area contributed by atoms with E-state index in [1.807, 2.05) is 56.3 Å². The first-order valence-corrected chi connectivity index (χ1v) is 7.25. The highest BCUT2D eigenvalue weighted by Crippen LogP contribution is 2.15. The van der Waals surface area contributed by atoms with Crippen LogP contribution in [0.2, 0.25) is 0 Å². The van der Waals surface area contributed by atoms with Crippen molar-refractivity contribution in [2.24, 2.45) is 0 Å². The van der Waals surface area contributed by atoms with Gasteiger partial charge in [0, 0.05) is 19.5 Å². The molecule has 0 radical (unpaired) electrons. The van der Waals surface area contributed by atoms with Gasteiger partial charge in [-0.2, -0.15) is 0 Å². The Kier molecular flexibility index (Phi) is 5.58. The lowest BCUT2D eigenvalue weighted by molar-refractivity contribution is -0.121. The van der Waals surface area contributed by atoms with Crippen LogP contribution < -0.4 is 10.6 Å².